The van der Waals surface area contributed by atoms with Crippen molar-refractivity contribution in [3.63, 3.8) is 0 Å². The van der Waals surface area contributed by atoms with E-state index in [0.29, 0.717) is 18.4 Å². The number of hydrogen-bond donors (Lipinski definition) is 0. The van der Waals surface area contributed by atoms with E-state index >= 15 is 0 Å². The van der Waals surface area contributed by atoms with Crippen molar-refractivity contribution in [2.24, 2.45) is 16.8 Å². The largest absolute Gasteiger partial charge is 0.463 e. The molecule has 6 heteroatoms. The minimum absolute atomic E-state index is 0.0376. The number of fused-ring (bicyclic) bond motifs is 1. The Kier molecular flexibility index (Phi) is 4.40. The van der Waals surface area contributed by atoms with E-state index in [2.05, 4.69) is 13.8 Å². The molecule has 19 heavy (non-hydrogen) atoms. The Balaban J connectivity index is 2.03. The molecule has 2 aliphatic rings. The van der Waals surface area contributed by atoms with E-state index in [4.69, 9.17) is 14.5 Å². The van der Waals surface area contributed by atoms with Crippen LogP contribution in [-0.2, 0) is 14.3 Å². The summed E-state index contributed by atoms with van der Waals surface area (Å²) in [5.74, 6) is 0.491. The molecule has 0 spiro atoms. The first-order chi connectivity index (χ1) is 8.90. The van der Waals surface area contributed by atoms with Gasteiger partial charge in [-0.3, -0.25) is 9.79 Å². The number of aliphatic imine (C=N–C) groups is 1. The Hall–Kier alpha value is -0.750. The molecule has 0 N–H and O–H groups in total. The second-order valence-corrected chi connectivity index (χ2v) is 6.54. The predicted octanol–water partition coefficient (Wildman–Crippen LogP) is 1.58. The van der Waals surface area contributed by atoms with Crippen LogP contribution in [0.15, 0.2) is 4.99 Å². The molecule has 5 atom stereocenters. The number of thioether (sulfide) groups is 1. The van der Waals surface area contributed by atoms with Crippen molar-refractivity contribution in [3.05, 3.63) is 0 Å². The third kappa shape index (κ3) is 3.05. The highest BCUT2D eigenvalue weighted by Gasteiger charge is 2.46. The molecule has 0 amide bonds. The van der Waals surface area contributed by atoms with E-state index in [0.717, 1.165) is 5.17 Å². The Bertz CT molecular complexity index is 386. The highest BCUT2D eigenvalue weighted by molar-refractivity contribution is 8.14. The van der Waals surface area contributed by atoms with E-state index in [1.807, 2.05) is 19.0 Å². The van der Waals surface area contributed by atoms with Gasteiger partial charge in [-0.25, -0.2) is 0 Å². The molecule has 0 aromatic carbocycles. The fraction of sp³-hybridized carbons (Fsp3) is 0.846. The Morgan fingerprint density at radius 1 is 1.42 bits per heavy atom. The first kappa shape index (κ1) is 14.7. The zero-order valence-electron chi connectivity index (χ0n) is 12.1. The standard InChI is InChI=1S/C13H22N2O3S/c1-7-8(2)11-12(19-13(14-11)15(4)5)18-10(7)6-17-9(3)16/h7-8,10-12H,6H2,1-5H3/t7-,8-,10+,11+,12+/m0/s1. The average Bonchev–Trinajstić information content (AvgIpc) is 2.76. The van der Waals surface area contributed by atoms with Gasteiger partial charge in [0.1, 0.15) is 12.0 Å². The summed E-state index contributed by atoms with van der Waals surface area (Å²) < 4.78 is 11.2. The third-order valence-electron chi connectivity index (χ3n) is 3.86. The van der Waals surface area contributed by atoms with E-state index in [1.54, 1.807) is 11.8 Å². The van der Waals surface area contributed by atoms with Crippen LogP contribution in [0.2, 0.25) is 0 Å². The number of amidine groups is 1. The Labute approximate surface area is 118 Å². The maximum Gasteiger partial charge on any atom is 0.302 e. The molecule has 0 radical (unpaired) electrons. The summed E-state index contributed by atoms with van der Waals surface area (Å²) in [5.41, 5.74) is 0.0455. The number of carbonyl (C=O) groups excluding carboxylic acids is 1. The van der Waals surface area contributed by atoms with Gasteiger partial charge in [-0.1, -0.05) is 25.6 Å². The SMILES string of the molecule is CC(=O)OC[C@H]1O[C@@H]2SC(N(C)C)=N[C@@H]2[C@@H](C)[C@@H]1C. The molecular weight excluding hydrogens is 264 g/mol. The molecule has 5 nitrogen and oxygen atoms in total. The van der Waals surface area contributed by atoms with Gasteiger partial charge in [-0.05, 0) is 11.8 Å². The number of esters is 1. The summed E-state index contributed by atoms with van der Waals surface area (Å²) in [7, 11) is 3.99. The fourth-order valence-electron chi connectivity index (χ4n) is 2.42. The fourth-order valence-corrected chi connectivity index (χ4v) is 3.67. The van der Waals surface area contributed by atoms with Gasteiger partial charge in [0.2, 0.25) is 0 Å². The van der Waals surface area contributed by atoms with Gasteiger partial charge >= 0.3 is 5.97 Å². The van der Waals surface area contributed by atoms with E-state index in [-0.39, 0.29) is 23.6 Å². The summed E-state index contributed by atoms with van der Waals surface area (Å²) in [6, 6.07) is 0.200. The van der Waals surface area contributed by atoms with Crippen molar-refractivity contribution >= 4 is 22.9 Å². The van der Waals surface area contributed by atoms with Gasteiger partial charge in [0.05, 0.1) is 12.1 Å². The molecule has 0 aromatic heterocycles. The van der Waals surface area contributed by atoms with Crippen LogP contribution in [0, 0.1) is 11.8 Å². The Morgan fingerprint density at radius 2 is 2.11 bits per heavy atom. The topological polar surface area (TPSA) is 51.1 Å². The second-order valence-electron chi connectivity index (χ2n) is 5.48. The first-order valence-corrected chi connectivity index (χ1v) is 7.48. The van der Waals surface area contributed by atoms with Crippen molar-refractivity contribution in [2.45, 2.75) is 38.4 Å². The molecule has 0 aromatic rings. The quantitative estimate of drug-likeness (QED) is 0.721. The lowest BCUT2D eigenvalue weighted by atomic mass is 9.83. The van der Waals surface area contributed by atoms with Crippen LogP contribution in [0.25, 0.3) is 0 Å². The molecule has 1 saturated heterocycles. The van der Waals surface area contributed by atoms with Gasteiger partial charge in [0, 0.05) is 21.0 Å². The van der Waals surface area contributed by atoms with Crippen LogP contribution in [0.3, 0.4) is 0 Å². The van der Waals surface area contributed by atoms with Gasteiger partial charge in [-0.2, -0.15) is 0 Å². The summed E-state index contributed by atoms with van der Waals surface area (Å²) in [5, 5.41) is 1.02. The molecule has 2 heterocycles. The highest BCUT2D eigenvalue weighted by atomic mass is 32.2. The lowest BCUT2D eigenvalue weighted by Gasteiger charge is -2.40. The molecule has 0 bridgehead atoms. The van der Waals surface area contributed by atoms with Crippen molar-refractivity contribution in [1.29, 1.82) is 0 Å². The normalized spacial score (nSPS) is 37.5. The number of carbonyl (C=O) groups is 1. The van der Waals surface area contributed by atoms with E-state index < -0.39 is 0 Å². The van der Waals surface area contributed by atoms with Crippen LogP contribution >= 0.6 is 11.8 Å². The Morgan fingerprint density at radius 3 is 2.68 bits per heavy atom. The van der Waals surface area contributed by atoms with E-state index in [9.17, 15) is 4.79 Å². The molecule has 2 aliphatic heterocycles. The van der Waals surface area contributed by atoms with Crippen molar-refractivity contribution in [2.75, 3.05) is 20.7 Å². The first-order valence-electron chi connectivity index (χ1n) is 6.60. The predicted molar refractivity (Wildman–Crippen MR) is 76.1 cm³/mol. The van der Waals surface area contributed by atoms with Gasteiger partial charge < -0.3 is 14.4 Å². The number of hydrogen-bond acceptors (Lipinski definition) is 6. The molecule has 1 fully saturated rings. The van der Waals surface area contributed by atoms with Crippen LogP contribution in [0.1, 0.15) is 20.8 Å². The molecule has 0 unspecified atom stereocenters. The van der Waals surface area contributed by atoms with Crippen molar-refractivity contribution in [1.82, 2.24) is 4.90 Å². The summed E-state index contributed by atoms with van der Waals surface area (Å²) in [4.78, 5) is 17.7. The molecule has 0 saturated carbocycles. The average molecular weight is 286 g/mol. The number of ether oxygens (including phenoxy) is 2. The molecule has 2 rings (SSSR count). The van der Waals surface area contributed by atoms with Gasteiger partial charge in [0.25, 0.3) is 0 Å². The molecule has 0 aliphatic carbocycles. The van der Waals surface area contributed by atoms with Crippen LogP contribution < -0.4 is 0 Å². The van der Waals surface area contributed by atoms with Gasteiger partial charge in [0.15, 0.2) is 5.17 Å². The third-order valence-corrected chi connectivity index (χ3v) is 5.16. The molecule has 108 valence electrons. The number of rotatable bonds is 2. The lowest BCUT2D eigenvalue weighted by molar-refractivity contribution is -0.152. The van der Waals surface area contributed by atoms with E-state index in [1.165, 1.54) is 6.92 Å². The van der Waals surface area contributed by atoms with Crippen LogP contribution in [0.5, 0.6) is 0 Å². The highest BCUT2D eigenvalue weighted by Crippen LogP contribution is 2.42. The smallest absolute Gasteiger partial charge is 0.302 e. The van der Waals surface area contributed by atoms with Crippen molar-refractivity contribution < 1.29 is 14.3 Å². The lowest BCUT2D eigenvalue weighted by Crippen LogP contribution is -2.47. The zero-order chi connectivity index (χ0) is 14.2. The van der Waals surface area contributed by atoms with Crippen LogP contribution in [0.4, 0.5) is 0 Å². The monoisotopic (exact) mass is 286 g/mol. The summed E-state index contributed by atoms with van der Waals surface area (Å²) in [6.07, 6.45) is -0.0376. The minimum atomic E-state index is -0.255. The number of nitrogens with zero attached hydrogens (tertiary/aromatic N) is 2. The second kappa shape index (κ2) is 5.71. The van der Waals surface area contributed by atoms with Crippen LogP contribution in [-0.4, -0.2) is 54.3 Å². The van der Waals surface area contributed by atoms with Crippen molar-refractivity contribution in [3.8, 4) is 0 Å². The maximum atomic E-state index is 10.9. The summed E-state index contributed by atoms with van der Waals surface area (Å²) in [6.45, 7) is 6.11. The molecular formula is C13H22N2O3S. The van der Waals surface area contributed by atoms with Gasteiger partial charge in [-0.15, -0.1) is 0 Å². The summed E-state index contributed by atoms with van der Waals surface area (Å²) >= 11 is 1.66. The minimum Gasteiger partial charge on any atom is -0.463 e. The zero-order valence-corrected chi connectivity index (χ0v) is 12.9. The maximum absolute atomic E-state index is 10.9.